The third-order valence-electron chi connectivity index (χ3n) is 5.17. The smallest absolute Gasteiger partial charge is 0.349 e. The van der Waals surface area contributed by atoms with Crippen molar-refractivity contribution in [1.29, 1.82) is 0 Å². The number of carboxylic acids is 1. The number of nitrogens with one attached hydrogen (secondary N) is 1. The van der Waals surface area contributed by atoms with Crippen LogP contribution in [-0.2, 0) is 19.1 Å². The van der Waals surface area contributed by atoms with E-state index in [0.717, 1.165) is 11.1 Å². The number of amides is 1. The molecule has 0 radical (unpaired) electrons. The zero-order valence-electron chi connectivity index (χ0n) is 20.2. The van der Waals surface area contributed by atoms with Gasteiger partial charge in [0.15, 0.2) is 0 Å². The molecule has 3 rings (SSSR count). The van der Waals surface area contributed by atoms with Gasteiger partial charge in [-0.1, -0.05) is 51.3 Å². The van der Waals surface area contributed by atoms with Crippen LogP contribution in [0, 0.1) is 13.8 Å². The summed E-state index contributed by atoms with van der Waals surface area (Å²) in [6, 6.07) is 17.4. The molecule has 0 unspecified atom stereocenters. The van der Waals surface area contributed by atoms with Gasteiger partial charge in [0.2, 0.25) is 12.2 Å². The molecule has 2 atom stereocenters. The van der Waals surface area contributed by atoms with Gasteiger partial charge in [-0.15, -0.1) is 0 Å². The number of aliphatic carboxylic acids is 1. The Morgan fingerprint density at radius 3 is 1.84 bits per heavy atom. The first-order valence-electron chi connectivity index (χ1n) is 11.0. The molecule has 37 heavy (non-hydrogen) atoms. The van der Waals surface area contributed by atoms with E-state index in [9.17, 15) is 24.3 Å². The lowest BCUT2D eigenvalue weighted by Gasteiger charge is -2.24. The van der Waals surface area contributed by atoms with Gasteiger partial charge in [0.05, 0.1) is 23.9 Å². The van der Waals surface area contributed by atoms with Crippen molar-refractivity contribution in [1.82, 2.24) is 0 Å². The average Bonchev–Trinajstić information content (AvgIpc) is 2.85. The van der Waals surface area contributed by atoms with Crippen molar-refractivity contribution in [2.45, 2.75) is 26.1 Å². The average molecular weight is 570 g/mol. The molecule has 9 nitrogen and oxygen atoms in total. The minimum atomic E-state index is -2.15. The number of benzene rings is 3. The lowest BCUT2D eigenvalue weighted by atomic mass is 10.1. The van der Waals surface area contributed by atoms with E-state index in [1.54, 1.807) is 50.2 Å². The maximum Gasteiger partial charge on any atom is 0.349 e. The van der Waals surface area contributed by atoms with E-state index in [4.69, 9.17) is 14.2 Å². The molecule has 0 aliphatic rings. The number of methoxy groups -OCH3 is 1. The normalized spacial score (nSPS) is 12.1. The van der Waals surface area contributed by atoms with Crippen molar-refractivity contribution < 1.29 is 38.5 Å². The minimum Gasteiger partial charge on any atom is -0.495 e. The summed E-state index contributed by atoms with van der Waals surface area (Å²) < 4.78 is 16.4. The second-order valence-electron chi connectivity index (χ2n) is 8.06. The van der Waals surface area contributed by atoms with Crippen LogP contribution in [0.3, 0.4) is 0 Å². The van der Waals surface area contributed by atoms with Crippen LogP contribution in [0.25, 0.3) is 0 Å². The molecule has 1 amide bonds. The number of carbonyl (C=O) groups excluding carboxylic acids is 3. The summed E-state index contributed by atoms with van der Waals surface area (Å²) in [6.07, 6.45) is -4.19. The maximum absolute atomic E-state index is 13.3. The summed E-state index contributed by atoms with van der Waals surface area (Å²) >= 11 is 3.29. The number of hydrogen-bond donors (Lipinski definition) is 2. The number of halogens is 1. The fourth-order valence-electron chi connectivity index (χ4n) is 3.39. The van der Waals surface area contributed by atoms with Gasteiger partial charge < -0.3 is 24.6 Å². The van der Waals surface area contributed by atoms with Crippen molar-refractivity contribution in [2.75, 3.05) is 12.4 Å². The summed E-state index contributed by atoms with van der Waals surface area (Å²) in [6.45, 7) is 3.50. The molecule has 0 fully saturated rings. The number of carboxylic acid groups (broad SMARTS) is 1. The van der Waals surface area contributed by atoms with Crippen molar-refractivity contribution in [3.05, 3.63) is 93.5 Å². The monoisotopic (exact) mass is 569 g/mol. The van der Waals surface area contributed by atoms with Gasteiger partial charge in [0.1, 0.15) is 5.75 Å². The summed E-state index contributed by atoms with van der Waals surface area (Å²) in [5.74, 6) is -4.42. The van der Waals surface area contributed by atoms with E-state index in [2.05, 4.69) is 21.2 Å². The van der Waals surface area contributed by atoms with Crippen LogP contribution >= 0.6 is 15.9 Å². The highest BCUT2D eigenvalue weighted by Gasteiger charge is 2.41. The van der Waals surface area contributed by atoms with Crippen molar-refractivity contribution in [3.8, 4) is 5.75 Å². The molecule has 2 N–H and O–H groups in total. The van der Waals surface area contributed by atoms with Gasteiger partial charge in [-0.05, 0) is 56.3 Å². The zero-order valence-corrected chi connectivity index (χ0v) is 21.8. The molecule has 10 heteroatoms. The number of carbonyl (C=O) groups is 4. The number of hydrogen-bond acceptors (Lipinski definition) is 7. The summed E-state index contributed by atoms with van der Waals surface area (Å²) in [5.41, 5.74) is 1.82. The van der Waals surface area contributed by atoms with Gasteiger partial charge in [0, 0.05) is 4.47 Å². The Labute approximate surface area is 221 Å². The van der Waals surface area contributed by atoms with Crippen molar-refractivity contribution >= 4 is 45.4 Å². The SMILES string of the molecule is COc1ccc(Br)cc1NC(=O)[C@H](OC(=O)c1cccc(C)c1)[C@H](OC(=O)c1cccc(C)c1)C(=O)O. The van der Waals surface area contributed by atoms with Crippen LogP contribution in [0.1, 0.15) is 31.8 Å². The van der Waals surface area contributed by atoms with Gasteiger partial charge >= 0.3 is 17.9 Å². The standard InChI is InChI=1S/C27H24BrNO8/c1-15-6-4-8-17(12-15)26(33)36-22(24(30)29-20-14-19(28)10-11-21(20)35-3)23(25(31)32)37-27(34)18-9-5-7-16(2)13-18/h4-14,22-23H,1-3H3,(H,29,30)(H,31,32)/t22-,23+/m1/s1. The number of anilines is 1. The molecule has 0 heterocycles. The topological polar surface area (TPSA) is 128 Å². The van der Waals surface area contributed by atoms with Gasteiger partial charge in [-0.3, -0.25) is 4.79 Å². The number of aryl methyl sites for hydroxylation is 2. The first-order valence-corrected chi connectivity index (χ1v) is 11.8. The van der Waals surface area contributed by atoms with E-state index in [1.807, 2.05) is 0 Å². The van der Waals surface area contributed by atoms with Crippen LogP contribution in [-0.4, -0.2) is 48.2 Å². The third kappa shape index (κ3) is 7.17. The van der Waals surface area contributed by atoms with E-state index in [0.29, 0.717) is 4.47 Å². The Kier molecular flexibility index (Phi) is 9.02. The van der Waals surface area contributed by atoms with E-state index in [1.165, 1.54) is 37.4 Å². The first-order chi connectivity index (χ1) is 17.6. The van der Waals surface area contributed by atoms with Crippen LogP contribution < -0.4 is 10.1 Å². The quantitative estimate of drug-likeness (QED) is 0.359. The van der Waals surface area contributed by atoms with E-state index in [-0.39, 0.29) is 22.6 Å². The highest BCUT2D eigenvalue weighted by atomic mass is 79.9. The van der Waals surface area contributed by atoms with Gasteiger partial charge in [-0.2, -0.15) is 0 Å². The second-order valence-corrected chi connectivity index (χ2v) is 8.98. The Hall–Kier alpha value is -4.18. The second kappa shape index (κ2) is 12.2. The molecule has 0 aromatic heterocycles. The first kappa shape index (κ1) is 27.4. The summed E-state index contributed by atoms with van der Waals surface area (Å²) in [7, 11) is 1.39. The lowest BCUT2D eigenvalue weighted by molar-refractivity contribution is -0.157. The Bertz CT molecular complexity index is 1340. The largest absolute Gasteiger partial charge is 0.495 e. The van der Waals surface area contributed by atoms with Crippen LogP contribution in [0.2, 0.25) is 0 Å². The fourth-order valence-corrected chi connectivity index (χ4v) is 3.75. The van der Waals surface area contributed by atoms with E-state index < -0.39 is 36.0 Å². The molecule has 0 saturated heterocycles. The van der Waals surface area contributed by atoms with Crippen molar-refractivity contribution in [3.63, 3.8) is 0 Å². The molecule has 0 bridgehead atoms. The third-order valence-corrected chi connectivity index (χ3v) is 5.66. The van der Waals surface area contributed by atoms with E-state index >= 15 is 0 Å². The van der Waals surface area contributed by atoms with Gasteiger partial charge in [0.25, 0.3) is 5.91 Å². The summed E-state index contributed by atoms with van der Waals surface area (Å²) in [4.78, 5) is 51.2. The lowest BCUT2D eigenvalue weighted by Crippen LogP contribution is -2.48. The molecule has 192 valence electrons. The Morgan fingerprint density at radius 1 is 0.811 bits per heavy atom. The minimum absolute atomic E-state index is 0.0732. The van der Waals surface area contributed by atoms with Crippen LogP contribution in [0.15, 0.2) is 71.2 Å². The molecular formula is C27H24BrNO8. The molecule has 0 saturated carbocycles. The highest BCUT2D eigenvalue weighted by molar-refractivity contribution is 9.10. The predicted octanol–water partition coefficient (Wildman–Crippen LogP) is 4.55. The van der Waals surface area contributed by atoms with Crippen molar-refractivity contribution in [2.24, 2.45) is 0 Å². The molecule has 3 aromatic rings. The zero-order chi connectivity index (χ0) is 27.1. The van der Waals surface area contributed by atoms with Gasteiger partial charge in [-0.25, -0.2) is 14.4 Å². The molecule has 0 aliphatic heterocycles. The summed E-state index contributed by atoms with van der Waals surface area (Å²) in [5, 5.41) is 12.4. The Balaban J connectivity index is 1.97. The Morgan fingerprint density at radius 2 is 1.35 bits per heavy atom. The number of esters is 2. The molecular weight excluding hydrogens is 546 g/mol. The molecule has 3 aromatic carbocycles. The van der Waals surface area contributed by atoms with Crippen LogP contribution in [0.4, 0.5) is 5.69 Å². The fraction of sp³-hybridized carbons (Fsp3) is 0.185. The van der Waals surface area contributed by atoms with Crippen LogP contribution in [0.5, 0.6) is 5.75 Å². The maximum atomic E-state index is 13.3. The number of rotatable bonds is 9. The predicted molar refractivity (Wildman–Crippen MR) is 138 cm³/mol. The molecule has 0 spiro atoms. The molecule has 0 aliphatic carbocycles. The number of ether oxygens (including phenoxy) is 3. The highest BCUT2D eigenvalue weighted by Crippen LogP contribution is 2.28.